The van der Waals surface area contributed by atoms with E-state index in [2.05, 4.69) is 10.2 Å². The molecule has 1 aromatic rings. The van der Waals surface area contributed by atoms with Gasteiger partial charge >= 0.3 is 6.03 Å². The third-order valence-electron chi connectivity index (χ3n) is 5.27. The van der Waals surface area contributed by atoms with Crippen LogP contribution in [0.5, 0.6) is 0 Å². The highest BCUT2D eigenvalue weighted by Crippen LogP contribution is 2.11. The zero-order chi connectivity index (χ0) is 19.1. The van der Waals surface area contributed by atoms with Gasteiger partial charge in [0.1, 0.15) is 12.4 Å². The molecular formula is C20H29FN4O2. The Morgan fingerprint density at radius 3 is 2.48 bits per heavy atom. The molecule has 6 nitrogen and oxygen atoms in total. The molecule has 3 amide bonds. The van der Waals surface area contributed by atoms with Crippen LogP contribution < -0.4 is 5.32 Å². The number of urea groups is 1. The Morgan fingerprint density at radius 2 is 1.78 bits per heavy atom. The molecule has 0 aromatic heterocycles. The molecule has 0 radical (unpaired) electrons. The number of nitrogens with one attached hydrogen (secondary N) is 1. The average molecular weight is 376 g/mol. The Balaban J connectivity index is 1.36. The smallest absolute Gasteiger partial charge is 0.317 e. The fourth-order valence-electron chi connectivity index (χ4n) is 3.65. The van der Waals surface area contributed by atoms with E-state index in [0.717, 1.165) is 18.5 Å². The third-order valence-corrected chi connectivity index (χ3v) is 5.27. The molecule has 0 saturated carbocycles. The number of piperazine rings is 1. The molecule has 1 aromatic carbocycles. The second-order valence-electron chi connectivity index (χ2n) is 7.35. The van der Waals surface area contributed by atoms with Crippen molar-refractivity contribution in [3.8, 4) is 0 Å². The van der Waals surface area contributed by atoms with Gasteiger partial charge in [0, 0.05) is 26.2 Å². The average Bonchev–Trinajstić information content (AvgIpc) is 2.69. The van der Waals surface area contributed by atoms with Crippen LogP contribution in [0.2, 0.25) is 0 Å². The van der Waals surface area contributed by atoms with Crippen molar-refractivity contribution >= 4 is 11.9 Å². The van der Waals surface area contributed by atoms with Gasteiger partial charge in [0.2, 0.25) is 5.91 Å². The predicted octanol–water partition coefficient (Wildman–Crippen LogP) is 2.06. The second-order valence-corrected chi connectivity index (χ2v) is 7.35. The number of carbonyl (C=O) groups is 2. The van der Waals surface area contributed by atoms with Gasteiger partial charge in [0.25, 0.3) is 0 Å². The Kier molecular flexibility index (Phi) is 7.04. The fourth-order valence-corrected chi connectivity index (χ4v) is 3.65. The summed E-state index contributed by atoms with van der Waals surface area (Å²) < 4.78 is 13.0. The lowest BCUT2D eigenvalue weighted by Crippen LogP contribution is -2.54. The van der Waals surface area contributed by atoms with Crippen molar-refractivity contribution < 1.29 is 14.0 Å². The number of carbonyl (C=O) groups excluding carboxylic acids is 2. The van der Waals surface area contributed by atoms with Gasteiger partial charge in [-0.05, 0) is 56.6 Å². The quantitative estimate of drug-likeness (QED) is 0.773. The molecule has 0 bridgehead atoms. The number of nitrogens with zero attached hydrogens (tertiary/aromatic N) is 3. The zero-order valence-corrected chi connectivity index (χ0v) is 15.8. The van der Waals surface area contributed by atoms with E-state index in [-0.39, 0.29) is 24.3 Å². The van der Waals surface area contributed by atoms with Gasteiger partial charge in [-0.1, -0.05) is 18.6 Å². The maximum Gasteiger partial charge on any atom is 0.317 e. The lowest BCUT2D eigenvalue weighted by Gasteiger charge is -2.34. The number of hydrogen-bond donors (Lipinski definition) is 1. The molecular weight excluding hydrogens is 347 g/mol. The van der Waals surface area contributed by atoms with E-state index in [1.54, 1.807) is 21.9 Å². The standard InChI is InChI=1S/C20H29FN4O2/c21-18-7-5-17(6-8-18)15-24-13-14-25(16-19(24)26)20(27)22-9-4-12-23-10-2-1-3-11-23/h5-8H,1-4,9-16H2,(H,22,27). The number of amides is 3. The minimum Gasteiger partial charge on any atom is -0.338 e. The summed E-state index contributed by atoms with van der Waals surface area (Å²) in [5.41, 5.74) is 0.889. The molecule has 7 heteroatoms. The molecule has 2 heterocycles. The van der Waals surface area contributed by atoms with Gasteiger partial charge in [-0.15, -0.1) is 0 Å². The molecule has 2 aliphatic rings. The van der Waals surface area contributed by atoms with Crippen molar-refractivity contribution in [2.45, 2.75) is 32.2 Å². The maximum atomic E-state index is 13.0. The van der Waals surface area contributed by atoms with Gasteiger partial charge in [-0.3, -0.25) is 4.79 Å². The highest BCUT2D eigenvalue weighted by Gasteiger charge is 2.26. The first-order chi connectivity index (χ1) is 13.1. The minimum atomic E-state index is -0.285. The Labute approximate surface area is 160 Å². The summed E-state index contributed by atoms with van der Waals surface area (Å²) >= 11 is 0. The van der Waals surface area contributed by atoms with E-state index in [0.29, 0.717) is 26.2 Å². The Hall–Kier alpha value is -2.15. The second kappa shape index (κ2) is 9.69. The predicted molar refractivity (Wildman–Crippen MR) is 102 cm³/mol. The molecule has 2 aliphatic heterocycles. The van der Waals surface area contributed by atoms with Gasteiger partial charge in [-0.2, -0.15) is 0 Å². The van der Waals surface area contributed by atoms with E-state index in [1.807, 2.05) is 0 Å². The largest absolute Gasteiger partial charge is 0.338 e. The van der Waals surface area contributed by atoms with Crippen molar-refractivity contribution in [3.05, 3.63) is 35.6 Å². The van der Waals surface area contributed by atoms with Crippen molar-refractivity contribution in [2.24, 2.45) is 0 Å². The molecule has 148 valence electrons. The normalized spacial score (nSPS) is 18.6. The van der Waals surface area contributed by atoms with Crippen LogP contribution in [-0.2, 0) is 11.3 Å². The van der Waals surface area contributed by atoms with E-state index in [4.69, 9.17) is 0 Å². The van der Waals surface area contributed by atoms with Crippen LogP contribution in [0.1, 0.15) is 31.2 Å². The number of halogens is 1. The van der Waals surface area contributed by atoms with Crippen LogP contribution >= 0.6 is 0 Å². The van der Waals surface area contributed by atoms with Crippen molar-refractivity contribution in [3.63, 3.8) is 0 Å². The van der Waals surface area contributed by atoms with E-state index >= 15 is 0 Å². The lowest BCUT2D eigenvalue weighted by atomic mass is 10.1. The van der Waals surface area contributed by atoms with Crippen LogP contribution in [0.25, 0.3) is 0 Å². The van der Waals surface area contributed by atoms with Gasteiger partial charge in [0.15, 0.2) is 0 Å². The van der Waals surface area contributed by atoms with E-state index in [9.17, 15) is 14.0 Å². The van der Waals surface area contributed by atoms with Crippen molar-refractivity contribution in [2.75, 3.05) is 45.8 Å². The maximum absolute atomic E-state index is 13.0. The lowest BCUT2D eigenvalue weighted by molar-refractivity contribution is -0.135. The SMILES string of the molecule is O=C1CN(C(=O)NCCCN2CCCCC2)CCN1Cc1ccc(F)cc1. The van der Waals surface area contributed by atoms with Crippen molar-refractivity contribution in [1.82, 2.24) is 20.0 Å². The Morgan fingerprint density at radius 1 is 1.04 bits per heavy atom. The molecule has 0 aliphatic carbocycles. The molecule has 1 N–H and O–H groups in total. The summed E-state index contributed by atoms with van der Waals surface area (Å²) in [6.07, 6.45) is 4.81. The first-order valence-electron chi connectivity index (χ1n) is 9.89. The number of hydrogen-bond acceptors (Lipinski definition) is 3. The zero-order valence-electron chi connectivity index (χ0n) is 15.8. The molecule has 0 atom stereocenters. The molecule has 27 heavy (non-hydrogen) atoms. The van der Waals surface area contributed by atoms with Crippen LogP contribution in [0.4, 0.5) is 9.18 Å². The van der Waals surface area contributed by atoms with Crippen LogP contribution in [-0.4, -0.2) is 72.5 Å². The first-order valence-corrected chi connectivity index (χ1v) is 9.89. The molecule has 0 spiro atoms. The van der Waals surface area contributed by atoms with Gasteiger partial charge in [-0.25, -0.2) is 9.18 Å². The highest BCUT2D eigenvalue weighted by atomic mass is 19.1. The minimum absolute atomic E-state index is 0.0750. The molecule has 0 unspecified atom stereocenters. The van der Waals surface area contributed by atoms with E-state index in [1.165, 1.54) is 44.5 Å². The van der Waals surface area contributed by atoms with Crippen LogP contribution in [0.15, 0.2) is 24.3 Å². The summed E-state index contributed by atoms with van der Waals surface area (Å²) in [6, 6.07) is 6.00. The topological polar surface area (TPSA) is 55.9 Å². The Bertz CT molecular complexity index is 631. The summed E-state index contributed by atoms with van der Waals surface area (Å²) in [5.74, 6) is -0.360. The number of likely N-dealkylation sites (tertiary alicyclic amines) is 1. The summed E-state index contributed by atoms with van der Waals surface area (Å²) in [4.78, 5) is 30.4. The number of piperidine rings is 1. The van der Waals surface area contributed by atoms with Crippen LogP contribution in [0.3, 0.4) is 0 Å². The summed E-state index contributed by atoms with van der Waals surface area (Å²) in [5, 5.41) is 2.93. The van der Waals surface area contributed by atoms with Crippen molar-refractivity contribution in [1.29, 1.82) is 0 Å². The third kappa shape index (κ3) is 5.92. The summed E-state index contributed by atoms with van der Waals surface area (Å²) in [6.45, 7) is 5.55. The highest BCUT2D eigenvalue weighted by molar-refractivity contribution is 5.85. The fraction of sp³-hybridized carbons (Fsp3) is 0.600. The van der Waals surface area contributed by atoms with Gasteiger partial charge < -0.3 is 20.0 Å². The number of benzene rings is 1. The molecule has 2 saturated heterocycles. The van der Waals surface area contributed by atoms with E-state index < -0.39 is 0 Å². The van der Waals surface area contributed by atoms with Gasteiger partial charge in [0.05, 0.1) is 0 Å². The molecule has 3 rings (SSSR count). The first kappa shape index (κ1) is 19.6. The molecule has 2 fully saturated rings. The number of rotatable bonds is 6. The van der Waals surface area contributed by atoms with Crippen LogP contribution in [0, 0.1) is 5.82 Å². The summed E-state index contributed by atoms with van der Waals surface area (Å²) in [7, 11) is 0. The monoisotopic (exact) mass is 376 g/mol.